The Morgan fingerprint density at radius 1 is 1.25 bits per heavy atom. The predicted octanol–water partition coefficient (Wildman–Crippen LogP) is 2.79. The lowest BCUT2D eigenvalue weighted by Crippen LogP contribution is -2.52. The van der Waals surface area contributed by atoms with Crippen molar-refractivity contribution in [1.82, 2.24) is 15.6 Å². The molecule has 162 valence electrons. The molecule has 4 rings (SSSR count). The number of hydrogen-bond acceptors (Lipinski definition) is 4. The van der Waals surface area contributed by atoms with Crippen molar-refractivity contribution in [2.75, 3.05) is 11.9 Å². The minimum atomic E-state index is -0.618. The van der Waals surface area contributed by atoms with Crippen molar-refractivity contribution in [2.24, 2.45) is 0 Å². The van der Waals surface area contributed by atoms with E-state index in [4.69, 9.17) is 6.42 Å². The lowest BCUT2D eigenvalue weighted by molar-refractivity contribution is -0.128. The van der Waals surface area contributed by atoms with E-state index in [1.807, 2.05) is 48.5 Å². The van der Waals surface area contributed by atoms with E-state index in [-0.39, 0.29) is 17.9 Å². The maximum Gasteiger partial charge on any atom is 0.249 e. The summed E-state index contributed by atoms with van der Waals surface area (Å²) in [5.41, 5.74) is 4.27. The first-order valence-electron chi connectivity index (χ1n) is 10.7. The van der Waals surface area contributed by atoms with Crippen LogP contribution < -0.4 is 15.5 Å². The van der Waals surface area contributed by atoms with E-state index in [9.17, 15) is 9.59 Å². The molecule has 1 aliphatic rings. The van der Waals surface area contributed by atoms with Crippen LogP contribution in [0, 0.1) is 12.3 Å². The van der Waals surface area contributed by atoms with Gasteiger partial charge in [-0.15, -0.1) is 6.42 Å². The van der Waals surface area contributed by atoms with E-state index < -0.39 is 6.04 Å². The monoisotopic (exact) mass is 426 g/mol. The summed E-state index contributed by atoms with van der Waals surface area (Å²) in [5, 5.41) is 6.77. The normalized spacial score (nSPS) is 16.7. The van der Waals surface area contributed by atoms with Crippen molar-refractivity contribution in [3.8, 4) is 12.3 Å². The predicted molar refractivity (Wildman–Crippen MR) is 126 cm³/mol. The molecule has 3 aromatic rings. The number of pyridine rings is 1. The Balaban J connectivity index is 1.77. The van der Waals surface area contributed by atoms with Crippen LogP contribution in [-0.2, 0) is 22.6 Å². The number of anilines is 1. The van der Waals surface area contributed by atoms with Crippen LogP contribution >= 0.6 is 0 Å². The highest BCUT2D eigenvalue weighted by atomic mass is 16.2. The molecule has 0 radical (unpaired) electrons. The number of fused-ring (bicyclic) bond motifs is 2. The van der Waals surface area contributed by atoms with Crippen LogP contribution in [0.1, 0.15) is 30.0 Å². The molecule has 6 heteroatoms. The Morgan fingerprint density at radius 3 is 2.78 bits per heavy atom. The number of carbonyl (C=O) groups excluding carboxylic acids is 2. The standard InChI is InChI=1S/C26H26N4O2/c1-4-18-15-28-22-11-7-6-10-20(22)21(18)16-30-24-12-8-5-9-19(24)13-14-23(26(30)32)29-25(31)17(2)27-3/h1,5-12,15,17,23,27H,13-14,16H2,2-3H3,(H,29,31)/t17?,23-/m0/s1. The maximum atomic E-state index is 13.7. The molecule has 1 unspecified atom stereocenters. The number of carbonyl (C=O) groups is 2. The van der Waals surface area contributed by atoms with Crippen molar-refractivity contribution in [3.05, 3.63) is 71.4 Å². The van der Waals surface area contributed by atoms with E-state index >= 15 is 0 Å². The first-order chi connectivity index (χ1) is 15.5. The average Bonchev–Trinajstić information content (AvgIpc) is 2.95. The molecule has 2 amide bonds. The van der Waals surface area contributed by atoms with Gasteiger partial charge in [0.2, 0.25) is 11.8 Å². The van der Waals surface area contributed by atoms with Crippen molar-refractivity contribution in [2.45, 2.75) is 38.4 Å². The van der Waals surface area contributed by atoms with E-state index in [1.165, 1.54) is 0 Å². The van der Waals surface area contributed by atoms with Crippen LogP contribution in [0.5, 0.6) is 0 Å². The van der Waals surface area contributed by atoms with E-state index in [0.717, 1.165) is 27.7 Å². The van der Waals surface area contributed by atoms with Crippen LogP contribution in [0.25, 0.3) is 10.9 Å². The maximum absolute atomic E-state index is 13.7. The molecule has 2 N–H and O–H groups in total. The summed E-state index contributed by atoms with van der Waals surface area (Å²) in [6.45, 7) is 2.07. The Hall–Kier alpha value is -3.69. The highest BCUT2D eigenvalue weighted by Gasteiger charge is 2.32. The lowest BCUT2D eigenvalue weighted by Gasteiger charge is -2.28. The first-order valence-corrected chi connectivity index (χ1v) is 10.7. The minimum absolute atomic E-state index is 0.143. The van der Waals surface area contributed by atoms with E-state index in [1.54, 1.807) is 25.1 Å². The van der Waals surface area contributed by atoms with Crippen molar-refractivity contribution in [1.29, 1.82) is 0 Å². The molecule has 0 saturated heterocycles. The average molecular weight is 427 g/mol. The molecule has 1 aliphatic heterocycles. The van der Waals surface area contributed by atoms with Gasteiger partial charge in [-0.3, -0.25) is 14.6 Å². The summed E-state index contributed by atoms with van der Waals surface area (Å²) >= 11 is 0. The fourth-order valence-electron chi connectivity index (χ4n) is 4.09. The van der Waals surface area contributed by atoms with Crippen LogP contribution in [-0.4, -0.2) is 35.9 Å². The molecule has 0 saturated carbocycles. The smallest absolute Gasteiger partial charge is 0.249 e. The van der Waals surface area contributed by atoms with Gasteiger partial charge in [-0.1, -0.05) is 42.3 Å². The number of benzene rings is 2. The van der Waals surface area contributed by atoms with Gasteiger partial charge in [0.1, 0.15) is 6.04 Å². The fraction of sp³-hybridized carbons (Fsp3) is 0.269. The Bertz CT molecular complexity index is 1210. The van der Waals surface area contributed by atoms with Crippen LogP contribution in [0.2, 0.25) is 0 Å². The second kappa shape index (κ2) is 9.21. The minimum Gasteiger partial charge on any atom is -0.343 e. The SMILES string of the molecule is C#Cc1cnc2ccccc2c1CN1C(=O)[C@@H](NC(=O)C(C)NC)CCc2ccccc21. The second-order valence-corrected chi connectivity index (χ2v) is 7.98. The van der Waals surface area contributed by atoms with Crippen molar-refractivity contribution < 1.29 is 9.59 Å². The van der Waals surface area contributed by atoms with Gasteiger partial charge < -0.3 is 15.5 Å². The van der Waals surface area contributed by atoms with Gasteiger partial charge in [0.05, 0.1) is 18.1 Å². The zero-order valence-electron chi connectivity index (χ0n) is 18.3. The van der Waals surface area contributed by atoms with E-state index in [0.29, 0.717) is 24.9 Å². The molecule has 32 heavy (non-hydrogen) atoms. The summed E-state index contributed by atoms with van der Waals surface area (Å²) in [6.07, 6.45) is 8.70. The quantitative estimate of drug-likeness (QED) is 0.616. The van der Waals surface area contributed by atoms with Crippen molar-refractivity contribution in [3.63, 3.8) is 0 Å². The molecule has 0 spiro atoms. The molecule has 6 nitrogen and oxygen atoms in total. The highest BCUT2D eigenvalue weighted by Crippen LogP contribution is 2.31. The van der Waals surface area contributed by atoms with Crippen LogP contribution in [0.4, 0.5) is 5.69 Å². The lowest BCUT2D eigenvalue weighted by atomic mass is 10.0. The number of aromatic nitrogens is 1. The van der Waals surface area contributed by atoms with Gasteiger partial charge in [0, 0.05) is 22.8 Å². The van der Waals surface area contributed by atoms with Crippen LogP contribution in [0.15, 0.2) is 54.7 Å². The van der Waals surface area contributed by atoms with Gasteiger partial charge in [-0.2, -0.15) is 0 Å². The summed E-state index contributed by atoms with van der Waals surface area (Å²) < 4.78 is 0. The number of rotatable bonds is 5. The third kappa shape index (κ3) is 4.08. The number of aryl methyl sites for hydroxylation is 1. The van der Waals surface area contributed by atoms with Crippen molar-refractivity contribution >= 4 is 28.4 Å². The zero-order valence-corrected chi connectivity index (χ0v) is 18.3. The molecule has 1 aromatic heterocycles. The molecule has 0 bridgehead atoms. The zero-order chi connectivity index (χ0) is 22.7. The largest absolute Gasteiger partial charge is 0.343 e. The Morgan fingerprint density at radius 2 is 2.00 bits per heavy atom. The third-order valence-electron chi connectivity index (χ3n) is 6.05. The second-order valence-electron chi connectivity index (χ2n) is 7.98. The molecule has 0 fully saturated rings. The van der Waals surface area contributed by atoms with Gasteiger partial charge in [0.25, 0.3) is 0 Å². The Labute approximate surface area is 188 Å². The number of amides is 2. The number of terminal acetylenes is 1. The van der Waals surface area contributed by atoms with Gasteiger partial charge >= 0.3 is 0 Å². The molecular weight excluding hydrogens is 400 g/mol. The van der Waals surface area contributed by atoms with Crippen LogP contribution in [0.3, 0.4) is 0 Å². The van der Waals surface area contributed by atoms with Gasteiger partial charge in [0.15, 0.2) is 0 Å². The Kier molecular flexibility index (Phi) is 6.20. The summed E-state index contributed by atoms with van der Waals surface area (Å²) in [5.74, 6) is 2.38. The number of nitrogens with one attached hydrogen (secondary N) is 2. The number of likely N-dealkylation sites (N-methyl/N-ethyl adjacent to an activating group) is 1. The number of para-hydroxylation sites is 2. The summed E-state index contributed by atoms with van der Waals surface area (Å²) in [4.78, 5) is 32.5. The summed E-state index contributed by atoms with van der Waals surface area (Å²) in [7, 11) is 1.72. The van der Waals surface area contributed by atoms with E-state index in [2.05, 4.69) is 21.5 Å². The molecule has 2 atom stereocenters. The van der Waals surface area contributed by atoms with Gasteiger partial charge in [-0.05, 0) is 50.1 Å². The molecule has 2 aromatic carbocycles. The molecular formula is C26H26N4O2. The molecule has 2 heterocycles. The topological polar surface area (TPSA) is 74.3 Å². The number of nitrogens with zero attached hydrogens (tertiary/aromatic N) is 2. The summed E-state index contributed by atoms with van der Waals surface area (Å²) in [6, 6.07) is 14.6. The fourth-order valence-corrected chi connectivity index (χ4v) is 4.09. The third-order valence-corrected chi connectivity index (χ3v) is 6.05. The highest BCUT2D eigenvalue weighted by molar-refractivity contribution is 6.01. The number of hydrogen-bond donors (Lipinski definition) is 2. The first kappa shape index (κ1) is 21.5. The van der Waals surface area contributed by atoms with Gasteiger partial charge in [-0.25, -0.2) is 0 Å². The molecule has 0 aliphatic carbocycles.